The third kappa shape index (κ3) is 5.15. The summed E-state index contributed by atoms with van der Waals surface area (Å²) >= 11 is 0. The van der Waals surface area contributed by atoms with Crippen LogP contribution in [0.1, 0.15) is 60.3 Å². The van der Waals surface area contributed by atoms with Gasteiger partial charge in [-0.3, -0.25) is 9.59 Å². The number of hydrogen-bond acceptors (Lipinski definition) is 5. The Morgan fingerprint density at radius 3 is 2.35 bits per heavy atom. The van der Waals surface area contributed by atoms with Crippen LogP contribution in [0.5, 0.6) is 0 Å². The van der Waals surface area contributed by atoms with E-state index < -0.39 is 28.8 Å². The minimum atomic E-state index is -1.75. The normalized spacial score (nSPS) is 23.8. The van der Waals surface area contributed by atoms with E-state index in [9.17, 15) is 19.8 Å². The van der Waals surface area contributed by atoms with Crippen LogP contribution < -0.4 is 0 Å². The van der Waals surface area contributed by atoms with Crippen molar-refractivity contribution < 1.29 is 24.9 Å². The van der Waals surface area contributed by atoms with Crippen molar-refractivity contribution in [3.63, 3.8) is 0 Å². The molecular formula is C21H32O5. The van der Waals surface area contributed by atoms with Crippen molar-refractivity contribution in [3.05, 3.63) is 34.6 Å². The van der Waals surface area contributed by atoms with Crippen LogP contribution in [0.15, 0.2) is 34.6 Å². The summed E-state index contributed by atoms with van der Waals surface area (Å²) in [5.74, 6) is -2.20. The number of rotatable bonds is 9. The molecule has 26 heavy (non-hydrogen) atoms. The predicted molar refractivity (Wildman–Crippen MR) is 102 cm³/mol. The number of ketones is 2. The van der Waals surface area contributed by atoms with Gasteiger partial charge in [0.25, 0.3) is 0 Å². The fourth-order valence-electron chi connectivity index (χ4n) is 3.18. The van der Waals surface area contributed by atoms with Crippen molar-refractivity contribution >= 4 is 11.6 Å². The van der Waals surface area contributed by atoms with E-state index >= 15 is 0 Å². The molecule has 1 aliphatic rings. The quantitative estimate of drug-likeness (QED) is 0.430. The van der Waals surface area contributed by atoms with Gasteiger partial charge in [-0.2, -0.15) is 0 Å². The maximum Gasteiger partial charge on any atom is 0.176 e. The van der Waals surface area contributed by atoms with E-state index in [1.54, 1.807) is 13.0 Å². The molecule has 0 aromatic rings. The predicted octanol–water partition coefficient (Wildman–Crippen LogP) is 3.42. The SMILES string of the molecule is CC(C)=CC[C@H]1C(=O)C(C(=O)CC(C)C)=C(O)[C@@]1(O)CC/C=C(\C)CO. The van der Waals surface area contributed by atoms with Crippen LogP contribution in [0.4, 0.5) is 0 Å². The third-order valence-corrected chi connectivity index (χ3v) is 4.69. The van der Waals surface area contributed by atoms with Crippen molar-refractivity contribution in [3.8, 4) is 0 Å². The number of Topliss-reactive ketones (excluding diaryl/α,β-unsaturated/α-hetero) is 2. The lowest BCUT2D eigenvalue weighted by atomic mass is 9.82. The van der Waals surface area contributed by atoms with E-state index in [0.29, 0.717) is 6.42 Å². The van der Waals surface area contributed by atoms with Gasteiger partial charge in [0.1, 0.15) is 16.9 Å². The molecule has 0 fully saturated rings. The molecule has 0 heterocycles. The third-order valence-electron chi connectivity index (χ3n) is 4.69. The Bertz CT molecular complexity index is 635. The molecule has 0 amide bonds. The highest BCUT2D eigenvalue weighted by molar-refractivity contribution is 6.23. The minimum Gasteiger partial charge on any atom is -0.508 e. The fourth-order valence-corrected chi connectivity index (χ4v) is 3.18. The molecule has 0 radical (unpaired) electrons. The molecule has 0 aromatic heterocycles. The van der Waals surface area contributed by atoms with E-state index in [0.717, 1.165) is 11.1 Å². The highest BCUT2D eigenvalue weighted by atomic mass is 16.3. The zero-order chi connectivity index (χ0) is 20.1. The summed E-state index contributed by atoms with van der Waals surface area (Å²) in [6.45, 7) is 9.19. The number of carbonyl (C=O) groups is 2. The van der Waals surface area contributed by atoms with Gasteiger partial charge in [-0.25, -0.2) is 0 Å². The molecule has 0 saturated heterocycles. The molecule has 0 saturated carbocycles. The molecule has 0 aromatic carbocycles. The number of carbonyl (C=O) groups excluding carboxylic acids is 2. The molecule has 1 aliphatic carbocycles. The first kappa shape index (κ1) is 22.3. The van der Waals surface area contributed by atoms with Gasteiger partial charge in [0, 0.05) is 6.42 Å². The number of allylic oxidation sites excluding steroid dienone is 4. The van der Waals surface area contributed by atoms with E-state index in [2.05, 4.69) is 0 Å². The van der Waals surface area contributed by atoms with Gasteiger partial charge in [0.15, 0.2) is 11.6 Å². The Kier molecular flexibility index (Phi) is 7.97. The standard InChI is InChI=1S/C21H32O5/c1-13(2)8-9-16-19(24)18(17(23)11-14(3)4)20(25)21(16,26)10-6-7-15(5)12-22/h7-8,14,16,22,25-26H,6,9-12H2,1-5H3/b15-7+/t16-,21+/m0/s1. The fraction of sp³-hybridized carbons (Fsp3) is 0.619. The summed E-state index contributed by atoms with van der Waals surface area (Å²) in [4.78, 5) is 25.3. The average molecular weight is 364 g/mol. The Hall–Kier alpha value is -1.72. The number of hydrogen-bond donors (Lipinski definition) is 3. The van der Waals surface area contributed by atoms with Gasteiger partial charge in [-0.05, 0) is 46.0 Å². The number of aliphatic hydroxyl groups excluding tert-OH is 2. The van der Waals surface area contributed by atoms with E-state index in [1.807, 2.05) is 33.8 Å². The van der Waals surface area contributed by atoms with Crippen molar-refractivity contribution in [2.45, 2.75) is 65.9 Å². The molecule has 1 rings (SSSR count). The largest absolute Gasteiger partial charge is 0.508 e. The molecule has 2 atom stereocenters. The van der Waals surface area contributed by atoms with Gasteiger partial charge in [-0.15, -0.1) is 0 Å². The smallest absolute Gasteiger partial charge is 0.176 e. The second kappa shape index (κ2) is 9.28. The molecule has 3 N–H and O–H groups in total. The molecule has 5 nitrogen and oxygen atoms in total. The van der Waals surface area contributed by atoms with Gasteiger partial charge >= 0.3 is 0 Å². The first-order valence-corrected chi connectivity index (χ1v) is 9.17. The minimum absolute atomic E-state index is 0.0515. The molecule has 146 valence electrons. The van der Waals surface area contributed by atoms with Crippen LogP contribution in [0, 0.1) is 11.8 Å². The number of aliphatic hydroxyl groups is 3. The lowest BCUT2D eigenvalue weighted by Crippen LogP contribution is -2.38. The van der Waals surface area contributed by atoms with Crippen molar-refractivity contribution in [1.29, 1.82) is 0 Å². The van der Waals surface area contributed by atoms with E-state index in [1.165, 1.54) is 0 Å². The molecule has 0 bridgehead atoms. The summed E-state index contributed by atoms with van der Waals surface area (Å²) in [5.41, 5.74) is -0.246. The lowest BCUT2D eigenvalue weighted by molar-refractivity contribution is -0.126. The van der Waals surface area contributed by atoms with Crippen LogP contribution in [-0.2, 0) is 9.59 Å². The molecular weight excluding hydrogens is 332 g/mol. The zero-order valence-corrected chi connectivity index (χ0v) is 16.5. The Labute approximate surface area is 156 Å². The Balaban J connectivity index is 3.23. The zero-order valence-electron chi connectivity index (χ0n) is 16.5. The van der Waals surface area contributed by atoms with E-state index in [-0.39, 0.29) is 37.4 Å². The van der Waals surface area contributed by atoms with Crippen LogP contribution in [0.25, 0.3) is 0 Å². The Morgan fingerprint density at radius 1 is 1.23 bits per heavy atom. The topological polar surface area (TPSA) is 94.8 Å². The first-order chi connectivity index (χ1) is 12.0. The summed E-state index contributed by atoms with van der Waals surface area (Å²) in [6.07, 6.45) is 4.52. The van der Waals surface area contributed by atoms with Crippen molar-refractivity contribution in [2.75, 3.05) is 6.61 Å². The van der Waals surface area contributed by atoms with Gasteiger partial charge in [0.2, 0.25) is 0 Å². The Morgan fingerprint density at radius 2 is 1.85 bits per heavy atom. The monoisotopic (exact) mass is 364 g/mol. The highest BCUT2D eigenvalue weighted by Crippen LogP contribution is 2.43. The summed E-state index contributed by atoms with van der Waals surface area (Å²) in [7, 11) is 0. The summed E-state index contributed by atoms with van der Waals surface area (Å²) in [5, 5.41) is 30.8. The van der Waals surface area contributed by atoms with Crippen molar-refractivity contribution in [2.24, 2.45) is 11.8 Å². The van der Waals surface area contributed by atoms with Crippen LogP contribution in [-0.4, -0.2) is 39.1 Å². The lowest BCUT2D eigenvalue weighted by Gasteiger charge is -2.28. The maximum absolute atomic E-state index is 12.8. The second-order valence-corrected chi connectivity index (χ2v) is 7.85. The second-order valence-electron chi connectivity index (χ2n) is 7.85. The maximum atomic E-state index is 12.8. The summed E-state index contributed by atoms with van der Waals surface area (Å²) in [6, 6.07) is 0. The van der Waals surface area contributed by atoms with Gasteiger partial charge in [0.05, 0.1) is 12.5 Å². The summed E-state index contributed by atoms with van der Waals surface area (Å²) < 4.78 is 0. The van der Waals surface area contributed by atoms with Crippen LogP contribution in [0.3, 0.4) is 0 Å². The average Bonchev–Trinajstić information content (AvgIpc) is 2.71. The van der Waals surface area contributed by atoms with Gasteiger partial charge < -0.3 is 15.3 Å². The molecule has 0 unspecified atom stereocenters. The molecule has 0 spiro atoms. The van der Waals surface area contributed by atoms with Gasteiger partial charge in [-0.1, -0.05) is 37.1 Å². The van der Waals surface area contributed by atoms with E-state index in [4.69, 9.17) is 5.11 Å². The van der Waals surface area contributed by atoms with Crippen molar-refractivity contribution in [1.82, 2.24) is 0 Å². The first-order valence-electron chi connectivity index (χ1n) is 9.17. The van der Waals surface area contributed by atoms with Crippen LogP contribution in [0.2, 0.25) is 0 Å². The molecule has 5 heteroatoms. The highest BCUT2D eigenvalue weighted by Gasteiger charge is 2.53. The molecule has 0 aliphatic heterocycles. The van der Waals surface area contributed by atoms with Crippen LogP contribution >= 0.6 is 0 Å².